The second kappa shape index (κ2) is 5.62. The van der Waals surface area contributed by atoms with Gasteiger partial charge in [0.15, 0.2) is 0 Å². The quantitative estimate of drug-likeness (QED) is 0.789. The maximum Gasteiger partial charge on any atom is 0.145 e. The highest BCUT2D eigenvalue weighted by atomic mass is 16.5. The van der Waals surface area contributed by atoms with Gasteiger partial charge in [-0.15, -0.1) is 0 Å². The van der Waals surface area contributed by atoms with Gasteiger partial charge in [-0.05, 0) is 13.8 Å². The molecule has 0 aliphatic carbocycles. The molecular weight excluding hydrogens is 220 g/mol. The molecule has 0 saturated heterocycles. The van der Waals surface area contributed by atoms with Crippen molar-refractivity contribution in [1.82, 2.24) is 10.5 Å². The molecule has 1 aromatic rings. The molecule has 2 rings (SSSR count). The first kappa shape index (κ1) is 12.5. The zero-order chi connectivity index (χ0) is 12.3. The van der Waals surface area contributed by atoms with E-state index in [9.17, 15) is 0 Å². The molecule has 1 N–H and O–H groups in total. The molecule has 2 atom stereocenters. The van der Waals surface area contributed by atoms with Crippen LogP contribution in [0.5, 0.6) is 0 Å². The highest BCUT2D eigenvalue weighted by Gasteiger charge is 2.29. The number of nitrogens with zero attached hydrogens (tertiary/aromatic N) is 1. The average molecular weight is 240 g/mol. The summed E-state index contributed by atoms with van der Waals surface area (Å²) in [4.78, 5) is 0. The van der Waals surface area contributed by atoms with Crippen molar-refractivity contribution in [2.45, 2.75) is 39.0 Å². The van der Waals surface area contributed by atoms with Crippen LogP contribution in [0.25, 0.3) is 0 Å². The second-order valence-corrected chi connectivity index (χ2v) is 4.43. The standard InChI is InChI=1S/C12H20N2O3/c1-8-6-11-12(9(2)16-8)10(14-17-11)7-13-4-5-15-3/h8-9,13H,4-7H2,1-3H3. The van der Waals surface area contributed by atoms with Gasteiger partial charge >= 0.3 is 0 Å². The summed E-state index contributed by atoms with van der Waals surface area (Å²) in [5, 5.41) is 7.39. The van der Waals surface area contributed by atoms with Gasteiger partial charge < -0.3 is 19.3 Å². The monoisotopic (exact) mass is 240 g/mol. The van der Waals surface area contributed by atoms with Crippen molar-refractivity contribution >= 4 is 0 Å². The minimum absolute atomic E-state index is 0.0687. The summed E-state index contributed by atoms with van der Waals surface area (Å²) in [6, 6.07) is 0. The van der Waals surface area contributed by atoms with Gasteiger partial charge in [-0.3, -0.25) is 0 Å². The zero-order valence-corrected chi connectivity index (χ0v) is 10.7. The van der Waals surface area contributed by atoms with Crippen LogP contribution < -0.4 is 5.32 Å². The third-order valence-electron chi connectivity index (χ3n) is 2.97. The highest BCUT2D eigenvalue weighted by molar-refractivity contribution is 5.27. The number of rotatable bonds is 5. The molecule has 96 valence electrons. The minimum Gasteiger partial charge on any atom is -0.383 e. The first-order valence-corrected chi connectivity index (χ1v) is 6.04. The molecule has 5 nitrogen and oxygen atoms in total. The Bertz CT molecular complexity index is 365. The SMILES string of the molecule is COCCNCc1noc2c1C(C)OC(C)C2. The van der Waals surface area contributed by atoms with Gasteiger partial charge in [-0.2, -0.15) is 0 Å². The van der Waals surface area contributed by atoms with Gasteiger partial charge in [0.25, 0.3) is 0 Å². The fourth-order valence-electron chi connectivity index (χ4n) is 2.21. The van der Waals surface area contributed by atoms with Crippen LogP contribution in [0, 0.1) is 0 Å². The van der Waals surface area contributed by atoms with Crippen molar-refractivity contribution in [2.24, 2.45) is 0 Å². The molecule has 0 spiro atoms. The lowest BCUT2D eigenvalue weighted by Gasteiger charge is -2.24. The Labute approximate surface area is 101 Å². The average Bonchev–Trinajstić information content (AvgIpc) is 2.68. The van der Waals surface area contributed by atoms with Gasteiger partial charge in [-0.25, -0.2) is 0 Å². The van der Waals surface area contributed by atoms with Crippen molar-refractivity contribution < 1.29 is 14.0 Å². The second-order valence-electron chi connectivity index (χ2n) is 4.43. The topological polar surface area (TPSA) is 56.5 Å². The van der Waals surface area contributed by atoms with Gasteiger partial charge in [0.2, 0.25) is 0 Å². The van der Waals surface area contributed by atoms with E-state index in [0.717, 1.165) is 30.0 Å². The van der Waals surface area contributed by atoms with Crippen LogP contribution >= 0.6 is 0 Å². The summed E-state index contributed by atoms with van der Waals surface area (Å²) < 4.78 is 16.1. The summed E-state index contributed by atoms with van der Waals surface area (Å²) >= 11 is 0. The number of ether oxygens (including phenoxy) is 2. The molecule has 2 heterocycles. The third kappa shape index (κ3) is 2.86. The van der Waals surface area contributed by atoms with E-state index in [2.05, 4.69) is 17.4 Å². The van der Waals surface area contributed by atoms with E-state index in [1.165, 1.54) is 0 Å². The Morgan fingerprint density at radius 2 is 2.29 bits per heavy atom. The van der Waals surface area contributed by atoms with Crippen LogP contribution in [0.3, 0.4) is 0 Å². The van der Waals surface area contributed by atoms with E-state index in [1.54, 1.807) is 7.11 Å². The number of fused-ring (bicyclic) bond motifs is 1. The van der Waals surface area contributed by atoms with Crippen LogP contribution in [-0.2, 0) is 22.4 Å². The van der Waals surface area contributed by atoms with Crippen molar-refractivity contribution in [2.75, 3.05) is 20.3 Å². The number of hydrogen-bond donors (Lipinski definition) is 1. The molecule has 1 aliphatic rings. The summed E-state index contributed by atoms with van der Waals surface area (Å²) in [7, 11) is 1.69. The summed E-state index contributed by atoms with van der Waals surface area (Å²) in [5.74, 6) is 0.972. The van der Waals surface area contributed by atoms with Gasteiger partial charge in [0.05, 0.1) is 18.8 Å². The van der Waals surface area contributed by atoms with Gasteiger partial charge in [-0.1, -0.05) is 5.16 Å². The fraction of sp³-hybridized carbons (Fsp3) is 0.750. The molecule has 17 heavy (non-hydrogen) atoms. The molecular formula is C12H20N2O3. The van der Waals surface area contributed by atoms with Crippen molar-refractivity contribution in [3.8, 4) is 0 Å². The Morgan fingerprint density at radius 1 is 1.47 bits per heavy atom. The fourth-order valence-corrected chi connectivity index (χ4v) is 2.21. The molecule has 0 bridgehead atoms. The van der Waals surface area contributed by atoms with Gasteiger partial charge in [0, 0.05) is 32.2 Å². The molecule has 0 radical (unpaired) electrons. The number of aromatic nitrogens is 1. The Morgan fingerprint density at radius 3 is 3.06 bits per heavy atom. The minimum atomic E-state index is 0.0687. The van der Waals surface area contributed by atoms with Crippen LogP contribution in [0.15, 0.2) is 4.52 Å². The first-order valence-electron chi connectivity index (χ1n) is 6.04. The molecule has 0 fully saturated rings. The van der Waals surface area contributed by atoms with Crippen LogP contribution in [0.2, 0.25) is 0 Å². The lowest BCUT2D eigenvalue weighted by Crippen LogP contribution is -2.24. The summed E-state index contributed by atoms with van der Waals surface area (Å²) in [6.07, 6.45) is 1.09. The van der Waals surface area contributed by atoms with Crippen LogP contribution in [-0.4, -0.2) is 31.5 Å². The van der Waals surface area contributed by atoms with E-state index in [4.69, 9.17) is 14.0 Å². The summed E-state index contributed by atoms with van der Waals surface area (Å²) in [6.45, 7) is 6.31. The molecule has 0 aromatic carbocycles. The van der Waals surface area contributed by atoms with Crippen molar-refractivity contribution in [3.63, 3.8) is 0 Å². The molecule has 5 heteroatoms. The molecule has 0 amide bonds. The Kier molecular flexibility index (Phi) is 4.15. The van der Waals surface area contributed by atoms with Crippen LogP contribution in [0.4, 0.5) is 0 Å². The van der Waals surface area contributed by atoms with E-state index < -0.39 is 0 Å². The maximum atomic E-state index is 5.79. The van der Waals surface area contributed by atoms with Crippen LogP contribution in [0.1, 0.15) is 37.0 Å². The lowest BCUT2D eigenvalue weighted by atomic mass is 10.0. The van der Waals surface area contributed by atoms with E-state index in [0.29, 0.717) is 13.2 Å². The van der Waals surface area contributed by atoms with Crippen molar-refractivity contribution in [1.29, 1.82) is 0 Å². The first-order chi connectivity index (χ1) is 8.22. The molecule has 2 unspecified atom stereocenters. The number of nitrogens with one attached hydrogen (secondary N) is 1. The highest BCUT2D eigenvalue weighted by Crippen LogP contribution is 2.32. The molecule has 1 aromatic heterocycles. The predicted octanol–water partition coefficient (Wildman–Crippen LogP) is 1.43. The normalized spacial score (nSPS) is 23.7. The number of methoxy groups -OCH3 is 1. The van der Waals surface area contributed by atoms with E-state index >= 15 is 0 Å². The van der Waals surface area contributed by atoms with Gasteiger partial charge in [0.1, 0.15) is 11.5 Å². The van der Waals surface area contributed by atoms with Crippen molar-refractivity contribution in [3.05, 3.63) is 17.0 Å². The smallest absolute Gasteiger partial charge is 0.145 e. The van der Waals surface area contributed by atoms with E-state index in [1.807, 2.05) is 6.92 Å². The predicted molar refractivity (Wildman–Crippen MR) is 62.8 cm³/mol. The Hall–Kier alpha value is -0.910. The zero-order valence-electron chi connectivity index (χ0n) is 10.7. The summed E-state index contributed by atoms with van der Waals surface area (Å²) in [5.41, 5.74) is 2.07. The molecule has 1 aliphatic heterocycles. The Balaban J connectivity index is 2.00. The van der Waals surface area contributed by atoms with E-state index in [-0.39, 0.29) is 12.2 Å². The lowest BCUT2D eigenvalue weighted by molar-refractivity contribution is -0.0102. The maximum absolute atomic E-state index is 5.79. The third-order valence-corrected chi connectivity index (χ3v) is 2.97. The molecule has 0 saturated carbocycles. The number of hydrogen-bond acceptors (Lipinski definition) is 5. The largest absolute Gasteiger partial charge is 0.383 e.